The van der Waals surface area contributed by atoms with Crippen molar-refractivity contribution in [3.8, 4) is 0 Å². The number of rotatable bonds is 21. The van der Waals surface area contributed by atoms with Crippen molar-refractivity contribution in [3.63, 3.8) is 0 Å². The van der Waals surface area contributed by atoms with Gasteiger partial charge in [-0.3, -0.25) is 29.9 Å². The molecule has 1 amide bonds. The number of carbonyl (C=O) groups excluding carboxylic acids is 2. The first-order valence-corrected chi connectivity index (χ1v) is 29.3. The van der Waals surface area contributed by atoms with Gasteiger partial charge in [-0.2, -0.15) is 19.9 Å². The average molecular weight is 1480 g/mol. The number of fused-ring (bicyclic) bond motifs is 4. The summed E-state index contributed by atoms with van der Waals surface area (Å²) < 4.78 is 79.0. The summed E-state index contributed by atoms with van der Waals surface area (Å²) in [6, 6.07) is 43.0. The number of anilines is 7. The number of carbonyl (C=O) groups is 2. The van der Waals surface area contributed by atoms with Gasteiger partial charge in [0.2, 0.25) is 5.91 Å². The fourth-order valence-electron chi connectivity index (χ4n) is 8.45. The van der Waals surface area contributed by atoms with E-state index < -0.39 is 5.82 Å². The standard InChI is InChI=1S/C21H24FN3O3.C19H21FN4O3.C12H8FN3O.C7H6N2O.C5H3BrFN.W/c1-2-27-20(26)11-5-3-4-8-14-25(19-13-12-16(22)15-23-19)21-24-17-9-6-7-10-18(17)28-21;20-14-10-11-17(21-13-14)24(12-6-2-1-3-9-18(25)23-26)19-22-15-7-4-5-8-16(15)27-19;13-8-5-6-11(14-7-8)16-12-15-9-3-1-2-4-10(9)17-12;8-7-9-5-3-1-2-4-6(5)10-7;6-5-2-1-4(7)3-8-5;/h6-7,9-10,12-13,15H,2-5,8,11,14H2,1H3;4-5,7-8,10-11,13,26H,1-3,6,9,12H2,(H,23,25);1-7H,(H,14,15,16);1-4H,(H2,8,9);1-3H;. The van der Waals surface area contributed by atoms with Crippen LogP contribution in [-0.4, -0.2) is 76.7 Å². The summed E-state index contributed by atoms with van der Waals surface area (Å²) in [6.07, 6.45) is 12.2. The van der Waals surface area contributed by atoms with Crippen LogP contribution in [-0.2, 0) is 35.4 Å². The Hall–Kier alpha value is -9.65. The third kappa shape index (κ3) is 22.1. The van der Waals surface area contributed by atoms with E-state index in [9.17, 15) is 27.2 Å². The summed E-state index contributed by atoms with van der Waals surface area (Å²) in [5.74, 6) is -0.384. The summed E-state index contributed by atoms with van der Waals surface area (Å²) >= 11 is 3.07. The summed E-state index contributed by atoms with van der Waals surface area (Å²) in [5.41, 5.74) is 12.8. The van der Waals surface area contributed by atoms with E-state index in [-0.39, 0.29) is 56.4 Å². The third-order valence-electron chi connectivity index (χ3n) is 12.7. The topological polar surface area (TPSA) is 276 Å². The molecule has 0 aliphatic carbocycles. The number of hydroxylamine groups is 1. The number of amides is 1. The van der Waals surface area contributed by atoms with E-state index >= 15 is 0 Å². The molecule has 21 nitrogen and oxygen atoms in total. The minimum absolute atomic E-state index is 0. The number of esters is 1. The van der Waals surface area contributed by atoms with Crippen molar-refractivity contribution in [1.82, 2.24) is 45.4 Å². The van der Waals surface area contributed by atoms with Gasteiger partial charge in [0.1, 0.15) is 67.4 Å². The van der Waals surface area contributed by atoms with E-state index in [2.05, 4.69) is 61.1 Å². The number of hydrogen-bond acceptors (Lipinski definition) is 20. The van der Waals surface area contributed by atoms with Gasteiger partial charge in [-0.25, -0.2) is 43.0 Å². The van der Waals surface area contributed by atoms with Crippen molar-refractivity contribution < 1.29 is 75.8 Å². The fraction of sp³-hybridized carbons (Fsp3) is 0.219. The molecule has 0 atom stereocenters. The number of hydrogen-bond donors (Lipinski definition) is 4. The monoisotopic (exact) mass is 1480 g/mol. The Morgan fingerprint density at radius 3 is 1.36 bits per heavy atom. The van der Waals surface area contributed by atoms with Gasteiger partial charge in [0.25, 0.3) is 6.01 Å². The molecule has 0 aliphatic rings. The Morgan fingerprint density at radius 2 is 0.945 bits per heavy atom. The largest absolute Gasteiger partial charge is 0.466 e. The van der Waals surface area contributed by atoms with E-state index in [1.54, 1.807) is 23.7 Å². The third-order valence-corrected chi connectivity index (χ3v) is 13.2. The smallest absolute Gasteiger partial charge is 0.305 e. The van der Waals surface area contributed by atoms with Gasteiger partial charge >= 0.3 is 24.0 Å². The maximum absolute atomic E-state index is 13.3. The fourth-order valence-corrected chi connectivity index (χ4v) is 8.68. The van der Waals surface area contributed by atoms with Crippen molar-refractivity contribution in [2.45, 2.75) is 71.1 Å². The molecule has 472 valence electrons. The first kappa shape index (κ1) is 68.8. The minimum Gasteiger partial charge on any atom is -0.466 e. The Kier molecular flexibility index (Phi) is 27.3. The molecule has 0 fully saturated rings. The number of aromatic nitrogens is 8. The Morgan fingerprint density at radius 1 is 0.516 bits per heavy atom. The zero-order valence-corrected chi connectivity index (χ0v) is 53.5. The quantitative estimate of drug-likeness (QED) is 0.0130. The first-order valence-electron chi connectivity index (χ1n) is 28.5. The maximum atomic E-state index is 13.3. The second-order valence-electron chi connectivity index (χ2n) is 19.4. The molecule has 8 aromatic heterocycles. The molecular weight excluding hydrogens is 1420 g/mol. The van der Waals surface area contributed by atoms with E-state index in [1.807, 2.05) is 114 Å². The van der Waals surface area contributed by atoms with E-state index in [4.69, 9.17) is 33.3 Å². The Bertz CT molecular complexity index is 3980. The molecule has 0 aliphatic heterocycles. The summed E-state index contributed by atoms with van der Waals surface area (Å²) in [5, 5.41) is 11.3. The number of oxazole rings is 4. The molecule has 27 heteroatoms. The zero-order valence-electron chi connectivity index (χ0n) is 49.0. The number of halogens is 5. The molecule has 91 heavy (non-hydrogen) atoms. The second-order valence-corrected chi connectivity index (χ2v) is 20.2. The minimum atomic E-state index is -0.404. The number of benzene rings is 4. The number of ether oxygens (including phenoxy) is 1. The first-order chi connectivity index (χ1) is 43.8. The number of nitrogens with one attached hydrogen (secondary N) is 2. The number of nitrogen functional groups attached to an aromatic ring is 1. The number of pyridine rings is 4. The molecule has 0 radical (unpaired) electrons. The van der Waals surface area contributed by atoms with Crippen LogP contribution in [0.1, 0.15) is 71.1 Å². The molecule has 12 aromatic rings. The second kappa shape index (κ2) is 36.1. The van der Waals surface area contributed by atoms with Crippen LogP contribution in [0.3, 0.4) is 0 Å². The van der Waals surface area contributed by atoms with Gasteiger partial charge in [-0.1, -0.05) is 74.2 Å². The molecule has 12 rings (SSSR count). The molecular formula is C64H62BrF4N13O8W. The molecule has 0 bridgehead atoms. The van der Waals surface area contributed by atoms with Crippen LogP contribution in [0, 0.1) is 23.3 Å². The SMILES string of the molecule is CCOC(=O)CCCCCCN(c1ccc(F)cn1)c1nc2ccccc2o1.Fc1ccc(Br)nc1.Fc1ccc(Nc2nc3ccccc3o2)nc1.Nc1nc2ccccc2o1.O=C(CCCCCCN(c1ccc(F)cn1)c1nc2ccccc2o1)NO.[W]. The zero-order chi connectivity index (χ0) is 63.5. The van der Waals surface area contributed by atoms with Crippen molar-refractivity contribution in [1.29, 1.82) is 0 Å². The molecule has 4 aromatic carbocycles. The average Bonchev–Trinajstić information content (AvgIpc) is 3.14. The summed E-state index contributed by atoms with van der Waals surface area (Å²) in [6.45, 7) is 3.45. The molecule has 0 saturated heterocycles. The summed E-state index contributed by atoms with van der Waals surface area (Å²) in [4.78, 5) is 59.0. The maximum Gasteiger partial charge on any atom is 0.305 e. The molecule has 0 saturated carbocycles. The van der Waals surface area contributed by atoms with Gasteiger partial charge in [0.15, 0.2) is 22.3 Å². The number of para-hydroxylation sites is 8. The van der Waals surface area contributed by atoms with E-state index in [1.165, 1.54) is 42.7 Å². The van der Waals surface area contributed by atoms with Crippen LogP contribution in [0.2, 0.25) is 0 Å². The summed E-state index contributed by atoms with van der Waals surface area (Å²) in [7, 11) is 0. The Balaban J connectivity index is 0.000000172. The van der Waals surface area contributed by atoms with Gasteiger partial charge < -0.3 is 28.1 Å². The number of nitrogens with two attached hydrogens (primary N) is 1. The number of unbranched alkanes of at least 4 members (excludes halogenated alkanes) is 6. The van der Waals surface area contributed by atoms with E-state index in [0.717, 1.165) is 85.0 Å². The van der Waals surface area contributed by atoms with Crippen LogP contribution in [0.25, 0.3) is 44.4 Å². The molecule has 0 unspecified atom stereocenters. The van der Waals surface area contributed by atoms with Gasteiger partial charge in [0, 0.05) is 47.0 Å². The predicted molar refractivity (Wildman–Crippen MR) is 335 cm³/mol. The molecule has 0 spiro atoms. The van der Waals surface area contributed by atoms with Gasteiger partial charge in [-0.15, -0.1) is 0 Å². The number of nitrogens with zero attached hydrogens (tertiary/aromatic N) is 10. The van der Waals surface area contributed by atoms with Crippen LogP contribution >= 0.6 is 15.9 Å². The molecule has 8 heterocycles. The molecule has 5 N–H and O–H groups in total. The van der Waals surface area contributed by atoms with Crippen LogP contribution in [0.4, 0.5) is 59.1 Å². The van der Waals surface area contributed by atoms with Crippen LogP contribution in [0.5, 0.6) is 0 Å². The van der Waals surface area contributed by atoms with Crippen molar-refractivity contribution >= 4 is 114 Å². The van der Waals surface area contributed by atoms with Gasteiger partial charge in [0.05, 0.1) is 31.4 Å². The predicted octanol–water partition coefficient (Wildman–Crippen LogP) is 15.5. The van der Waals surface area contributed by atoms with Crippen molar-refractivity contribution in [3.05, 3.63) is 198 Å². The van der Waals surface area contributed by atoms with Crippen molar-refractivity contribution in [2.75, 3.05) is 40.5 Å². The van der Waals surface area contributed by atoms with Crippen LogP contribution in [0.15, 0.2) is 193 Å². The normalized spacial score (nSPS) is 10.5. The van der Waals surface area contributed by atoms with Crippen molar-refractivity contribution in [2.24, 2.45) is 0 Å². The Labute approximate surface area is 541 Å². The van der Waals surface area contributed by atoms with Gasteiger partial charge in [-0.05, 0) is 146 Å². The van der Waals surface area contributed by atoms with Crippen LogP contribution < -0.4 is 26.3 Å². The van der Waals surface area contributed by atoms with E-state index in [0.29, 0.717) is 95.8 Å².